The molecule has 15 heteroatoms. The molecule has 2 N–H and O–H groups in total. The summed E-state index contributed by atoms with van der Waals surface area (Å²) >= 11 is 0. The van der Waals surface area contributed by atoms with Gasteiger partial charge in [-0.05, 0) is 77.0 Å². The number of aliphatic hydroxyl groups is 2. The Balaban J connectivity index is 0.942. The molecule has 8 heterocycles. The van der Waals surface area contributed by atoms with Gasteiger partial charge < -0.3 is 38.6 Å². The molecular weight excluding hydrogens is 681 g/mol. The fourth-order valence-electron chi connectivity index (χ4n) is 10.9. The monoisotopic (exact) mass is 734 g/mol. The predicted molar refractivity (Wildman–Crippen MR) is 167 cm³/mol. The van der Waals surface area contributed by atoms with Crippen molar-refractivity contribution in [1.82, 2.24) is 0 Å². The second kappa shape index (κ2) is 12.5. The first-order valence-electron chi connectivity index (χ1n) is 18.8. The lowest BCUT2D eigenvalue weighted by molar-refractivity contribution is -0.586. The molecular formula is C36H53F3O12. The lowest BCUT2D eigenvalue weighted by atomic mass is 9.57. The summed E-state index contributed by atoms with van der Waals surface area (Å²) in [4.78, 5) is 23.8. The Morgan fingerprint density at radius 2 is 1.31 bits per heavy atom. The van der Waals surface area contributed by atoms with E-state index in [0.717, 1.165) is 19.3 Å². The number of rotatable bonds is 8. The number of fused-ring (bicyclic) bond motifs is 4. The minimum absolute atomic E-state index is 0.0168. The Morgan fingerprint density at radius 3 is 1.98 bits per heavy atom. The van der Waals surface area contributed by atoms with E-state index in [1.807, 2.05) is 13.8 Å². The Bertz CT molecular complexity index is 1380. The van der Waals surface area contributed by atoms with Crippen LogP contribution in [0.15, 0.2) is 11.3 Å². The lowest BCUT2D eigenvalue weighted by Gasteiger charge is -2.62. The van der Waals surface area contributed by atoms with Crippen molar-refractivity contribution in [3.8, 4) is 0 Å². The van der Waals surface area contributed by atoms with Crippen LogP contribution < -0.4 is 0 Å². The van der Waals surface area contributed by atoms with Crippen LogP contribution in [-0.4, -0.2) is 89.6 Å². The SMILES string of the molecule is C[C@@H]1CC[C@H]2C(COC[C@@H](O)[C@H](O)CO[C@@]3(C)O[C@@H]4O[C@]5(C)CCC6[C@H](C)CC[C@@H]([C@H]3C)[C@]64OO5)=C(C(F)(F)F)O[C@@H]3O[C@]4(C)CCC1[C@]32OO4. The van der Waals surface area contributed by atoms with Gasteiger partial charge in [0.15, 0.2) is 23.3 Å². The summed E-state index contributed by atoms with van der Waals surface area (Å²) in [5.74, 6) is -4.97. The van der Waals surface area contributed by atoms with E-state index < -0.39 is 84.4 Å². The maximum absolute atomic E-state index is 14.5. The average Bonchev–Trinajstić information content (AvgIpc) is 3.44. The smallest absolute Gasteiger partial charge is 0.449 e. The fourth-order valence-corrected chi connectivity index (χ4v) is 10.9. The van der Waals surface area contributed by atoms with Crippen LogP contribution in [0.25, 0.3) is 0 Å². The number of hydrogen-bond acceptors (Lipinski definition) is 12. The molecule has 0 aromatic rings. The number of hydrogen-bond donors (Lipinski definition) is 2. The molecule has 16 atom stereocenters. The molecule has 12 nitrogen and oxygen atoms in total. The summed E-state index contributed by atoms with van der Waals surface area (Å²) in [5.41, 5.74) is -2.18. The first kappa shape index (κ1) is 36.8. The van der Waals surface area contributed by atoms with Crippen molar-refractivity contribution in [2.24, 2.45) is 41.4 Å². The number of ether oxygens (including phenoxy) is 6. The molecule has 2 unspecified atom stereocenters. The maximum Gasteiger partial charge on any atom is 0.449 e. The van der Waals surface area contributed by atoms with Crippen LogP contribution in [0.5, 0.6) is 0 Å². The Morgan fingerprint density at radius 1 is 0.725 bits per heavy atom. The predicted octanol–water partition coefficient (Wildman–Crippen LogP) is 5.40. The molecule has 8 aliphatic heterocycles. The van der Waals surface area contributed by atoms with Gasteiger partial charge in [0.1, 0.15) is 12.2 Å². The van der Waals surface area contributed by atoms with Gasteiger partial charge in [-0.15, -0.1) is 0 Å². The second-order valence-corrected chi connectivity index (χ2v) is 17.1. The van der Waals surface area contributed by atoms with E-state index in [0.29, 0.717) is 38.0 Å². The zero-order valence-corrected chi connectivity index (χ0v) is 30.2. The van der Waals surface area contributed by atoms with E-state index in [2.05, 4.69) is 13.8 Å². The summed E-state index contributed by atoms with van der Waals surface area (Å²) in [5, 5.41) is 22.0. The topological polar surface area (TPSA) is 133 Å². The van der Waals surface area contributed by atoms with Crippen LogP contribution in [0.3, 0.4) is 0 Å². The summed E-state index contributed by atoms with van der Waals surface area (Å²) in [7, 11) is 0. The molecule has 2 spiro atoms. The lowest BCUT2D eigenvalue weighted by Crippen LogP contribution is -2.73. The highest BCUT2D eigenvalue weighted by Crippen LogP contribution is 2.63. The van der Waals surface area contributed by atoms with E-state index in [9.17, 15) is 23.4 Å². The largest absolute Gasteiger partial charge is 0.456 e. The molecule has 7 saturated heterocycles. The molecule has 10 rings (SSSR count). The van der Waals surface area contributed by atoms with Crippen molar-refractivity contribution in [3.63, 3.8) is 0 Å². The number of allylic oxidation sites excluding steroid dienone is 1. The second-order valence-electron chi connectivity index (χ2n) is 17.1. The van der Waals surface area contributed by atoms with Gasteiger partial charge in [-0.2, -0.15) is 13.2 Å². The fraction of sp³-hybridized carbons (Fsp3) is 0.944. The van der Waals surface area contributed by atoms with Gasteiger partial charge in [-0.1, -0.05) is 20.8 Å². The summed E-state index contributed by atoms with van der Waals surface area (Å²) < 4.78 is 80.3. The van der Waals surface area contributed by atoms with Crippen molar-refractivity contribution in [1.29, 1.82) is 0 Å². The van der Waals surface area contributed by atoms with Crippen LogP contribution in [-0.2, 0) is 48.0 Å². The Labute approximate surface area is 296 Å². The molecule has 9 fully saturated rings. The molecule has 290 valence electrons. The van der Waals surface area contributed by atoms with Gasteiger partial charge in [-0.25, -0.2) is 19.6 Å². The molecule has 0 aromatic carbocycles. The van der Waals surface area contributed by atoms with Crippen LogP contribution in [0.4, 0.5) is 13.2 Å². The van der Waals surface area contributed by atoms with E-state index in [1.165, 1.54) is 0 Å². The zero-order valence-electron chi connectivity index (χ0n) is 30.2. The highest BCUT2D eigenvalue weighted by molar-refractivity contribution is 5.28. The first-order valence-corrected chi connectivity index (χ1v) is 18.8. The number of alkyl halides is 3. The normalized spacial score (nSPS) is 51.5. The third-order valence-corrected chi connectivity index (χ3v) is 14.0. The molecule has 51 heavy (non-hydrogen) atoms. The minimum atomic E-state index is -4.82. The molecule has 2 aliphatic carbocycles. The summed E-state index contributed by atoms with van der Waals surface area (Å²) in [6.45, 7) is 10.3. The molecule has 0 aromatic heterocycles. The third kappa shape index (κ3) is 5.65. The number of aliphatic hydroxyl groups excluding tert-OH is 2. The van der Waals surface area contributed by atoms with Crippen LogP contribution in [0.2, 0.25) is 0 Å². The Hall–Kier alpha value is -1.11. The third-order valence-electron chi connectivity index (χ3n) is 14.0. The van der Waals surface area contributed by atoms with Crippen LogP contribution in [0, 0.1) is 41.4 Å². The average molecular weight is 735 g/mol. The standard InChI is InChI=1S/C36H53F3O12/c1-18-7-9-24-20(3)33(6,47-30-34(24)22(18)11-14-32(5,46-30)49-50-34)43-17-27(41)26(40)16-42-15-21-25-10-8-19(2)23-12-13-31(4)45-29(35(23,25)51-48-31)44-28(21)36(37,38)39/h18-20,22-27,29-30,40-41H,7-17H2,1-6H3/t18-,19-,20-,22?,23?,24+,25+,26-,27-,29-,30+,31+,32+,33+,34-,35-/m1/s1. The van der Waals surface area contributed by atoms with E-state index in [-0.39, 0.29) is 41.8 Å². The Kier molecular flexibility index (Phi) is 9.00. The van der Waals surface area contributed by atoms with Crippen LogP contribution in [0.1, 0.15) is 92.9 Å². The van der Waals surface area contributed by atoms with E-state index in [4.69, 9.17) is 48.0 Å². The van der Waals surface area contributed by atoms with Crippen molar-refractivity contribution < 1.29 is 71.4 Å². The summed E-state index contributed by atoms with van der Waals surface area (Å²) in [6, 6.07) is 0. The van der Waals surface area contributed by atoms with Gasteiger partial charge in [0, 0.05) is 42.1 Å². The van der Waals surface area contributed by atoms with Gasteiger partial charge in [0.05, 0.1) is 19.8 Å². The van der Waals surface area contributed by atoms with Gasteiger partial charge >= 0.3 is 6.18 Å². The van der Waals surface area contributed by atoms with Crippen molar-refractivity contribution in [2.45, 2.75) is 152 Å². The van der Waals surface area contributed by atoms with Crippen molar-refractivity contribution >= 4 is 0 Å². The molecule has 0 radical (unpaired) electrons. The number of halogens is 3. The van der Waals surface area contributed by atoms with E-state index in [1.54, 1.807) is 13.8 Å². The molecule has 0 amide bonds. The highest BCUT2D eigenvalue weighted by atomic mass is 19.4. The van der Waals surface area contributed by atoms with Gasteiger partial charge in [0.2, 0.25) is 23.6 Å². The van der Waals surface area contributed by atoms with Crippen molar-refractivity contribution in [3.05, 3.63) is 11.3 Å². The zero-order chi connectivity index (χ0) is 36.4. The minimum Gasteiger partial charge on any atom is -0.456 e. The highest BCUT2D eigenvalue weighted by Gasteiger charge is 2.72. The van der Waals surface area contributed by atoms with Crippen LogP contribution >= 0.6 is 0 Å². The van der Waals surface area contributed by atoms with Crippen molar-refractivity contribution in [2.75, 3.05) is 19.8 Å². The molecule has 10 aliphatic rings. The van der Waals surface area contributed by atoms with Gasteiger partial charge in [0.25, 0.3) is 0 Å². The molecule has 2 saturated carbocycles. The van der Waals surface area contributed by atoms with E-state index >= 15 is 0 Å². The van der Waals surface area contributed by atoms with Gasteiger partial charge in [-0.3, -0.25) is 0 Å². The molecule has 4 bridgehead atoms. The quantitative estimate of drug-likeness (QED) is 0.310. The summed E-state index contributed by atoms with van der Waals surface area (Å²) in [6.07, 6.45) is -4.21. The first-order chi connectivity index (χ1) is 23.9. The maximum atomic E-state index is 14.5.